The fourth-order valence-electron chi connectivity index (χ4n) is 5.52. The Balaban J connectivity index is 1.46. The van der Waals surface area contributed by atoms with Crippen LogP contribution in [0.5, 0.6) is 5.75 Å². The van der Waals surface area contributed by atoms with Gasteiger partial charge in [0.1, 0.15) is 29.8 Å². The summed E-state index contributed by atoms with van der Waals surface area (Å²) in [5, 5.41) is 59.7. The SMILES string of the molecule is CC/C=C(\C)CC/C=C(\C)CCCn1cc(COCCCC(=O)[C@H](CC(=O)O)NC(=O)c2ccccc2O[C@@H]2O[C@H](C(=O)O)[C@@H](O)[C@H](O)[C@H]2O)nn1. The summed E-state index contributed by atoms with van der Waals surface area (Å²) >= 11 is 0. The van der Waals surface area contributed by atoms with Crippen LogP contribution in [-0.2, 0) is 37.0 Å². The van der Waals surface area contributed by atoms with E-state index in [2.05, 4.69) is 48.6 Å². The van der Waals surface area contributed by atoms with Crippen LogP contribution < -0.4 is 10.1 Å². The molecular formula is C36H50N4O12. The Morgan fingerprint density at radius 2 is 1.71 bits per heavy atom. The van der Waals surface area contributed by atoms with Gasteiger partial charge in [0.2, 0.25) is 6.29 Å². The maximum atomic E-state index is 13.2. The van der Waals surface area contributed by atoms with Gasteiger partial charge in [-0.05, 0) is 64.5 Å². The topological polar surface area (TPSA) is 240 Å². The highest BCUT2D eigenvalue weighted by Gasteiger charge is 2.48. The molecule has 2 heterocycles. The van der Waals surface area contributed by atoms with Gasteiger partial charge in [-0.3, -0.25) is 19.1 Å². The predicted octanol–water partition coefficient (Wildman–Crippen LogP) is 2.55. The molecule has 1 amide bonds. The molecule has 16 nitrogen and oxygen atoms in total. The Labute approximate surface area is 302 Å². The second-order valence-electron chi connectivity index (χ2n) is 12.7. The zero-order valence-electron chi connectivity index (χ0n) is 29.7. The lowest BCUT2D eigenvalue weighted by atomic mass is 9.99. The van der Waals surface area contributed by atoms with Crippen molar-refractivity contribution >= 4 is 23.6 Å². The summed E-state index contributed by atoms with van der Waals surface area (Å²) in [7, 11) is 0. The van der Waals surface area contributed by atoms with E-state index in [-0.39, 0.29) is 37.4 Å². The van der Waals surface area contributed by atoms with Crippen molar-refractivity contribution in [3.05, 3.63) is 65.0 Å². The summed E-state index contributed by atoms with van der Waals surface area (Å²) in [4.78, 5) is 49.2. The predicted molar refractivity (Wildman–Crippen MR) is 185 cm³/mol. The average Bonchev–Trinajstić information content (AvgIpc) is 3.55. The summed E-state index contributed by atoms with van der Waals surface area (Å²) in [6.45, 7) is 7.49. The van der Waals surface area contributed by atoms with Crippen LogP contribution in [0.4, 0.5) is 0 Å². The Hall–Kier alpha value is -4.48. The van der Waals surface area contributed by atoms with Crippen LogP contribution in [0.15, 0.2) is 53.8 Å². The number of aliphatic carboxylic acids is 2. The molecule has 0 radical (unpaired) electrons. The first-order valence-electron chi connectivity index (χ1n) is 17.3. The molecule has 1 aliphatic rings. The van der Waals surface area contributed by atoms with Gasteiger partial charge in [-0.15, -0.1) is 5.10 Å². The molecule has 52 heavy (non-hydrogen) atoms. The third-order valence-corrected chi connectivity index (χ3v) is 8.35. The third-order valence-electron chi connectivity index (χ3n) is 8.35. The lowest BCUT2D eigenvalue weighted by Gasteiger charge is -2.38. The van der Waals surface area contributed by atoms with Crippen LogP contribution in [0.3, 0.4) is 0 Å². The fraction of sp³-hybridized carbons (Fsp3) is 0.556. The number of Topliss-reactive ketones (excluding diaryl/α,β-unsaturated/α-hetero) is 1. The molecule has 6 N–H and O–H groups in total. The molecule has 0 aliphatic carbocycles. The van der Waals surface area contributed by atoms with Gasteiger partial charge in [0, 0.05) is 19.6 Å². The van der Waals surface area contributed by atoms with E-state index in [1.54, 1.807) is 10.9 Å². The number of aliphatic hydroxyl groups is 3. The molecule has 1 aromatic heterocycles. The molecule has 0 saturated carbocycles. The van der Waals surface area contributed by atoms with E-state index in [9.17, 15) is 44.7 Å². The molecule has 0 bridgehead atoms. The summed E-state index contributed by atoms with van der Waals surface area (Å²) in [6, 6.07) is 4.09. The highest BCUT2D eigenvalue weighted by Crippen LogP contribution is 2.27. The van der Waals surface area contributed by atoms with Crippen LogP contribution >= 0.6 is 0 Å². The number of hydrogen-bond acceptors (Lipinski definition) is 12. The normalized spacial score (nSPS) is 21.4. The maximum Gasteiger partial charge on any atom is 0.335 e. The number of ether oxygens (including phenoxy) is 3. The van der Waals surface area contributed by atoms with Crippen LogP contribution in [0.1, 0.15) is 88.2 Å². The average molecular weight is 731 g/mol. The number of rotatable bonds is 22. The van der Waals surface area contributed by atoms with E-state index in [1.165, 1.54) is 35.4 Å². The first-order chi connectivity index (χ1) is 24.8. The number of aliphatic hydroxyl groups excluding tert-OH is 3. The monoisotopic (exact) mass is 730 g/mol. The Kier molecular flexibility index (Phi) is 17.1. The molecule has 6 atom stereocenters. The van der Waals surface area contributed by atoms with E-state index < -0.39 is 66.8 Å². The van der Waals surface area contributed by atoms with Crippen LogP contribution in [0.25, 0.3) is 0 Å². The largest absolute Gasteiger partial charge is 0.481 e. The molecule has 16 heteroatoms. The lowest BCUT2D eigenvalue weighted by molar-refractivity contribution is -0.271. The molecule has 3 rings (SSSR count). The minimum atomic E-state index is -1.94. The highest BCUT2D eigenvalue weighted by molar-refractivity contribution is 6.00. The standard InChI is InChI=1S/C36H50N4O12/c1-4-10-22(2)11-7-12-23(3)13-8-17-40-20-24(38-39-40)21-50-18-9-15-27(41)26(19-29(42)43)37-34(47)25-14-5-6-16-28(25)51-36-32(46)30(44)31(45)33(52-36)35(48)49/h5-6,10,12,14,16,20,26,30-33,36,44-46H,4,7-9,11,13,15,17-19,21H2,1-3H3,(H,37,47)(H,42,43)(H,48,49)/b22-10+,23-12+/t26-,30-,31-,32+,33-,36+/m0/s1. The van der Waals surface area contributed by atoms with Crippen molar-refractivity contribution in [1.29, 1.82) is 0 Å². The van der Waals surface area contributed by atoms with Gasteiger partial charge < -0.3 is 45.1 Å². The van der Waals surface area contributed by atoms with E-state index >= 15 is 0 Å². The molecule has 286 valence electrons. The molecule has 1 aromatic carbocycles. The number of carbonyl (C=O) groups is 4. The van der Waals surface area contributed by atoms with Gasteiger partial charge in [-0.1, -0.05) is 47.6 Å². The lowest BCUT2D eigenvalue weighted by Crippen LogP contribution is -2.61. The molecule has 0 unspecified atom stereocenters. The van der Waals surface area contributed by atoms with Gasteiger partial charge in [0.15, 0.2) is 11.9 Å². The Morgan fingerprint density at radius 1 is 0.981 bits per heavy atom. The van der Waals surface area contributed by atoms with Crippen molar-refractivity contribution in [3.8, 4) is 5.75 Å². The summed E-state index contributed by atoms with van der Waals surface area (Å²) in [5.74, 6) is -4.61. The van der Waals surface area contributed by atoms with E-state index in [1.807, 2.05) is 0 Å². The maximum absolute atomic E-state index is 13.2. The second-order valence-corrected chi connectivity index (χ2v) is 12.7. The summed E-state index contributed by atoms with van der Waals surface area (Å²) in [5.41, 5.74) is 3.19. The zero-order chi connectivity index (χ0) is 38.2. The smallest absolute Gasteiger partial charge is 0.335 e. The van der Waals surface area contributed by atoms with Crippen molar-refractivity contribution in [2.45, 2.75) is 122 Å². The number of hydrogen-bond donors (Lipinski definition) is 6. The van der Waals surface area contributed by atoms with Gasteiger partial charge >= 0.3 is 11.9 Å². The number of benzene rings is 1. The highest BCUT2D eigenvalue weighted by atomic mass is 16.7. The number of nitrogens with zero attached hydrogens (tertiary/aromatic N) is 3. The van der Waals surface area contributed by atoms with Crippen molar-refractivity contribution in [2.24, 2.45) is 0 Å². The van der Waals surface area contributed by atoms with Crippen molar-refractivity contribution in [2.75, 3.05) is 6.61 Å². The zero-order valence-corrected chi connectivity index (χ0v) is 29.7. The number of ketones is 1. The van der Waals surface area contributed by atoms with E-state index in [0.29, 0.717) is 12.2 Å². The van der Waals surface area contributed by atoms with Crippen molar-refractivity contribution < 1.29 is 58.9 Å². The van der Waals surface area contributed by atoms with Crippen LogP contribution in [0, 0.1) is 0 Å². The number of carboxylic acids is 2. The van der Waals surface area contributed by atoms with Crippen LogP contribution in [-0.4, -0.2) is 108 Å². The quantitative estimate of drug-likeness (QED) is 0.0754. The minimum Gasteiger partial charge on any atom is -0.481 e. The third kappa shape index (κ3) is 13.2. The first kappa shape index (κ1) is 41.9. The molecule has 1 saturated heterocycles. The van der Waals surface area contributed by atoms with E-state index in [4.69, 9.17) is 14.2 Å². The number of amides is 1. The molecule has 1 aliphatic heterocycles. The Bertz CT molecular complexity index is 1560. The van der Waals surface area contributed by atoms with Gasteiger partial charge in [-0.2, -0.15) is 0 Å². The number of aryl methyl sites for hydroxylation is 1. The summed E-state index contributed by atoms with van der Waals surface area (Å²) in [6.07, 6.45) is 1.36. The van der Waals surface area contributed by atoms with Crippen LogP contribution in [0.2, 0.25) is 0 Å². The minimum absolute atomic E-state index is 0.0940. The number of carboxylic acid groups (broad SMARTS) is 2. The number of aromatic nitrogens is 3. The Morgan fingerprint density at radius 3 is 2.42 bits per heavy atom. The first-order valence-corrected chi connectivity index (χ1v) is 17.3. The molecule has 2 aromatic rings. The van der Waals surface area contributed by atoms with E-state index in [0.717, 1.165) is 32.1 Å². The van der Waals surface area contributed by atoms with Gasteiger partial charge in [0.05, 0.1) is 30.8 Å². The number of allylic oxidation sites excluding steroid dienone is 4. The molecular weight excluding hydrogens is 680 g/mol. The molecule has 1 fully saturated rings. The molecule has 0 spiro atoms. The van der Waals surface area contributed by atoms with Gasteiger partial charge in [-0.25, -0.2) is 4.79 Å². The van der Waals surface area contributed by atoms with Gasteiger partial charge in [0.25, 0.3) is 5.91 Å². The number of carbonyl (C=O) groups excluding carboxylic acids is 2. The second kappa shape index (κ2) is 21.1. The number of para-hydroxylation sites is 1. The van der Waals surface area contributed by atoms with Crippen molar-refractivity contribution in [1.82, 2.24) is 20.3 Å². The summed E-state index contributed by atoms with van der Waals surface area (Å²) < 4.78 is 18.1. The number of nitrogens with one attached hydrogen (secondary N) is 1. The fourth-order valence-corrected chi connectivity index (χ4v) is 5.52. The van der Waals surface area contributed by atoms with Crippen molar-refractivity contribution in [3.63, 3.8) is 0 Å².